The van der Waals surface area contributed by atoms with Gasteiger partial charge in [0.15, 0.2) is 0 Å². The maximum atomic E-state index is 13.4. The quantitative estimate of drug-likeness (QED) is 0.723. The van der Waals surface area contributed by atoms with Gasteiger partial charge in [0.1, 0.15) is 17.5 Å². The SMILES string of the molecule is Fc1cc(F)cc(-c2ccc3ncc(N4CCOCC4)nc3c2)c1. The number of ether oxygens (including phenoxy) is 1. The summed E-state index contributed by atoms with van der Waals surface area (Å²) in [5, 5.41) is 0. The molecule has 2 aromatic carbocycles. The Hall–Kier alpha value is -2.60. The van der Waals surface area contributed by atoms with Crippen LogP contribution in [0, 0.1) is 11.6 Å². The van der Waals surface area contributed by atoms with E-state index in [1.165, 1.54) is 12.1 Å². The lowest BCUT2D eigenvalue weighted by Crippen LogP contribution is -2.36. The third-order valence-corrected chi connectivity index (χ3v) is 4.06. The number of benzene rings is 2. The lowest BCUT2D eigenvalue weighted by molar-refractivity contribution is 0.122. The van der Waals surface area contributed by atoms with Crippen LogP contribution in [0.25, 0.3) is 22.2 Å². The zero-order valence-electron chi connectivity index (χ0n) is 12.9. The minimum atomic E-state index is -0.599. The van der Waals surface area contributed by atoms with Crippen LogP contribution in [0.1, 0.15) is 0 Å². The molecule has 4 nitrogen and oxygen atoms in total. The molecular formula is C18H15F2N3O. The highest BCUT2D eigenvalue weighted by Crippen LogP contribution is 2.25. The Bertz CT molecular complexity index is 874. The van der Waals surface area contributed by atoms with Crippen LogP contribution < -0.4 is 4.90 Å². The summed E-state index contributed by atoms with van der Waals surface area (Å²) in [4.78, 5) is 11.2. The van der Waals surface area contributed by atoms with E-state index in [4.69, 9.17) is 4.74 Å². The van der Waals surface area contributed by atoms with Gasteiger partial charge in [-0.15, -0.1) is 0 Å². The average molecular weight is 327 g/mol. The molecule has 1 aliphatic rings. The molecule has 0 aliphatic carbocycles. The van der Waals surface area contributed by atoms with Gasteiger partial charge in [0.05, 0.1) is 30.4 Å². The van der Waals surface area contributed by atoms with Crippen molar-refractivity contribution in [3.05, 3.63) is 54.2 Å². The molecule has 0 amide bonds. The maximum Gasteiger partial charge on any atom is 0.148 e. The van der Waals surface area contributed by atoms with E-state index >= 15 is 0 Å². The summed E-state index contributed by atoms with van der Waals surface area (Å²) in [6.07, 6.45) is 1.75. The van der Waals surface area contributed by atoms with Gasteiger partial charge in [0, 0.05) is 19.2 Å². The van der Waals surface area contributed by atoms with Crippen molar-refractivity contribution in [2.24, 2.45) is 0 Å². The second-order valence-electron chi connectivity index (χ2n) is 5.69. The average Bonchev–Trinajstić information content (AvgIpc) is 2.61. The molecule has 1 saturated heterocycles. The van der Waals surface area contributed by atoms with Gasteiger partial charge in [0.25, 0.3) is 0 Å². The van der Waals surface area contributed by atoms with E-state index in [2.05, 4.69) is 14.9 Å². The molecule has 0 radical (unpaired) electrons. The normalized spacial score (nSPS) is 15.0. The van der Waals surface area contributed by atoms with E-state index in [0.29, 0.717) is 29.9 Å². The second kappa shape index (κ2) is 6.13. The molecule has 24 heavy (non-hydrogen) atoms. The second-order valence-corrected chi connectivity index (χ2v) is 5.69. The molecule has 0 N–H and O–H groups in total. The molecule has 122 valence electrons. The van der Waals surface area contributed by atoms with Crippen LogP contribution in [0.5, 0.6) is 0 Å². The monoisotopic (exact) mass is 327 g/mol. The van der Waals surface area contributed by atoms with Crippen molar-refractivity contribution < 1.29 is 13.5 Å². The Morgan fingerprint density at radius 3 is 2.38 bits per heavy atom. The summed E-state index contributed by atoms with van der Waals surface area (Å²) in [7, 11) is 0. The Labute approximate surface area is 137 Å². The molecule has 1 aromatic heterocycles. The highest BCUT2D eigenvalue weighted by Gasteiger charge is 2.13. The molecule has 0 unspecified atom stereocenters. The minimum Gasteiger partial charge on any atom is -0.378 e. The van der Waals surface area contributed by atoms with Gasteiger partial charge in [-0.3, -0.25) is 4.98 Å². The molecule has 2 heterocycles. The van der Waals surface area contributed by atoms with Crippen LogP contribution in [0.3, 0.4) is 0 Å². The Balaban J connectivity index is 1.75. The van der Waals surface area contributed by atoms with Crippen molar-refractivity contribution in [2.75, 3.05) is 31.2 Å². The molecular weight excluding hydrogens is 312 g/mol. The first-order chi connectivity index (χ1) is 11.7. The topological polar surface area (TPSA) is 38.2 Å². The van der Waals surface area contributed by atoms with Crippen LogP contribution in [0.2, 0.25) is 0 Å². The van der Waals surface area contributed by atoms with Gasteiger partial charge in [-0.25, -0.2) is 13.8 Å². The molecule has 0 atom stereocenters. The predicted molar refractivity (Wildman–Crippen MR) is 87.9 cm³/mol. The van der Waals surface area contributed by atoms with Crippen molar-refractivity contribution >= 4 is 16.9 Å². The number of anilines is 1. The minimum absolute atomic E-state index is 0.480. The van der Waals surface area contributed by atoms with Crippen LogP contribution >= 0.6 is 0 Å². The third-order valence-electron chi connectivity index (χ3n) is 4.06. The zero-order valence-corrected chi connectivity index (χ0v) is 12.9. The highest BCUT2D eigenvalue weighted by molar-refractivity contribution is 5.82. The fraction of sp³-hybridized carbons (Fsp3) is 0.222. The van der Waals surface area contributed by atoms with Crippen LogP contribution in [0.4, 0.5) is 14.6 Å². The van der Waals surface area contributed by atoms with Crippen molar-refractivity contribution in [2.45, 2.75) is 0 Å². The number of morpholine rings is 1. The summed E-state index contributed by atoms with van der Waals surface area (Å²) in [5.41, 5.74) is 2.62. The summed E-state index contributed by atoms with van der Waals surface area (Å²) in [6.45, 7) is 2.88. The number of nitrogens with zero attached hydrogens (tertiary/aromatic N) is 3. The smallest absolute Gasteiger partial charge is 0.148 e. The Morgan fingerprint density at radius 2 is 1.62 bits per heavy atom. The van der Waals surface area contributed by atoms with Gasteiger partial charge < -0.3 is 9.64 Å². The van der Waals surface area contributed by atoms with Crippen molar-refractivity contribution in [1.82, 2.24) is 9.97 Å². The van der Waals surface area contributed by atoms with Crippen LogP contribution in [-0.4, -0.2) is 36.3 Å². The van der Waals surface area contributed by atoms with Gasteiger partial charge in [-0.05, 0) is 35.4 Å². The summed E-state index contributed by atoms with van der Waals surface area (Å²) in [5.74, 6) is -0.412. The Morgan fingerprint density at radius 1 is 0.875 bits per heavy atom. The maximum absolute atomic E-state index is 13.4. The van der Waals surface area contributed by atoms with E-state index in [-0.39, 0.29) is 0 Å². The summed E-state index contributed by atoms with van der Waals surface area (Å²) >= 11 is 0. The number of rotatable bonds is 2. The van der Waals surface area contributed by atoms with Crippen molar-refractivity contribution in [3.8, 4) is 11.1 Å². The molecule has 0 saturated carbocycles. The fourth-order valence-electron chi connectivity index (χ4n) is 2.85. The van der Waals surface area contributed by atoms with Gasteiger partial charge in [-0.2, -0.15) is 0 Å². The largest absolute Gasteiger partial charge is 0.378 e. The molecule has 0 spiro atoms. The number of aromatic nitrogens is 2. The molecule has 1 aliphatic heterocycles. The lowest BCUT2D eigenvalue weighted by atomic mass is 10.0. The Kier molecular flexibility index (Phi) is 3.82. The van der Waals surface area contributed by atoms with E-state index in [1.807, 2.05) is 6.07 Å². The van der Waals surface area contributed by atoms with Crippen molar-refractivity contribution in [1.29, 1.82) is 0 Å². The van der Waals surface area contributed by atoms with Gasteiger partial charge in [0.2, 0.25) is 0 Å². The van der Waals surface area contributed by atoms with Gasteiger partial charge in [-0.1, -0.05) is 6.07 Å². The van der Waals surface area contributed by atoms with Crippen LogP contribution in [0.15, 0.2) is 42.6 Å². The first-order valence-electron chi connectivity index (χ1n) is 7.75. The number of halogens is 2. The third kappa shape index (κ3) is 2.92. The predicted octanol–water partition coefficient (Wildman–Crippen LogP) is 3.41. The first kappa shape index (κ1) is 15.0. The van der Waals surface area contributed by atoms with Crippen LogP contribution in [-0.2, 0) is 4.74 Å². The number of hydrogen-bond donors (Lipinski definition) is 0. The number of fused-ring (bicyclic) bond motifs is 1. The molecule has 4 rings (SSSR count). The standard InChI is InChI=1S/C18H15F2N3O/c19-14-7-13(8-15(20)10-14)12-1-2-16-17(9-12)22-18(11-21-16)23-3-5-24-6-4-23/h1-2,7-11H,3-6H2. The molecule has 6 heteroatoms. The van der Waals surface area contributed by atoms with E-state index < -0.39 is 11.6 Å². The van der Waals surface area contributed by atoms with E-state index in [9.17, 15) is 8.78 Å². The van der Waals surface area contributed by atoms with E-state index in [1.54, 1.807) is 18.3 Å². The van der Waals surface area contributed by atoms with Crippen molar-refractivity contribution in [3.63, 3.8) is 0 Å². The van der Waals surface area contributed by atoms with E-state index in [0.717, 1.165) is 30.5 Å². The molecule has 0 bridgehead atoms. The summed E-state index contributed by atoms with van der Waals surface area (Å²) < 4.78 is 32.2. The highest BCUT2D eigenvalue weighted by atomic mass is 19.1. The lowest BCUT2D eigenvalue weighted by Gasteiger charge is -2.27. The first-order valence-corrected chi connectivity index (χ1v) is 7.75. The number of hydrogen-bond acceptors (Lipinski definition) is 4. The van der Waals surface area contributed by atoms with Gasteiger partial charge >= 0.3 is 0 Å². The molecule has 1 fully saturated rings. The zero-order chi connectivity index (χ0) is 16.5. The fourth-order valence-corrected chi connectivity index (χ4v) is 2.85. The summed E-state index contributed by atoms with van der Waals surface area (Å²) in [6, 6.07) is 8.89. The molecule has 3 aromatic rings.